The summed E-state index contributed by atoms with van der Waals surface area (Å²) < 4.78 is 1.52. The maximum absolute atomic E-state index is 10.5. The second-order valence-corrected chi connectivity index (χ2v) is 3.99. The highest BCUT2D eigenvalue weighted by molar-refractivity contribution is 6.30. The summed E-state index contributed by atoms with van der Waals surface area (Å²) >= 11 is 5.95. The molecule has 4 nitrogen and oxygen atoms in total. The number of hydrogen-bond donors (Lipinski definition) is 1. The molecule has 1 atom stereocenters. The number of hydrogen-bond acceptors (Lipinski definition) is 3. The number of carbonyl (C=O) groups is 1. The van der Waals surface area contributed by atoms with E-state index in [0.717, 1.165) is 5.69 Å². The minimum Gasteiger partial charge on any atom is -0.382 e. The second-order valence-electron chi connectivity index (χ2n) is 3.63. The number of carbonyl (C=O) groups excluding carboxylic acids is 1. The molecule has 0 aliphatic heterocycles. The van der Waals surface area contributed by atoms with Gasteiger partial charge in [-0.25, -0.2) is 0 Å². The normalized spacial score (nSPS) is 15.2. The fourth-order valence-electron chi connectivity index (χ4n) is 1.27. The fourth-order valence-corrected chi connectivity index (χ4v) is 1.52. The molecule has 78 valence electrons. The van der Waals surface area contributed by atoms with Gasteiger partial charge in [0.1, 0.15) is 10.8 Å². The molecule has 5 heteroatoms. The Morgan fingerprint density at radius 1 is 1.71 bits per heavy atom. The van der Waals surface area contributed by atoms with Gasteiger partial charge in [-0.1, -0.05) is 11.6 Å². The standard InChI is InChI=1S/C9H13ClN2O2/c1-6-7(4-9(2,14)5-13)8(10)12(3)11-6/h5,14H,4H2,1-3H3. The maximum Gasteiger partial charge on any atom is 0.151 e. The predicted molar refractivity (Wildman–Crippen MR) is 53.3 cm³/mol. The van der Waals surface area contributed by atoms with Crippen LogP contribution in [0, 0.1) is 6.92 Å². The number of halogens is 1. The van der Waals surface area contributed by atoms with Crippen molar-refractivity contribution in [1.29, 1.82) is 0 Å². The molecule has 0 aliphatic rings. The lowest BCUT2D eigenvalue weighted by atomic mass is 9.99. The van der Waals surface area contributed by atoms with E-state index in [4.69, 9.17) is 11.6 Å². The van der Waals surface area contributed by atoms with Crippen molar-refractivity contribution in [3.63, 3.8) is 0 Å². The lowest BCUT2D eigenvalue weighted by Crippen LogP contribution is -2.29. The van der Waals surface area contributed by atoms with Crippen molar-refractivity contribution in [3.8, 4) is 0 Å². The lowest BCUT2D eigenvalue weighted by molar-refractivity contribution is -0.122. The summed E-state index contributed by atoms with van der Waals surface area (Å²) in [5.41, 5.74) is 0.0724. The first-order valence-corrected chi connectivity index (χ1v) is 4.62. The predicted octanol–water partition coefficient (Wildman–Crippen LogP) is 0.874. The van der Waals surface area contributed by atoms with Gasteiger partial charge in [0.25, 0.3) is 0 Å². The first-order chi connectivity index (χ1) is 6.37. The van der Waals surface area contributed by atoms with Crippen LogP contribution in [0.2, 0.25) is 5.15 Å². The summed E-state index contributed by atoms with van der Waals surface area (Å²) in [7, 11) is 1.72. The number of aliphatic hydroxyl groups is 1. The van der Waals surface area contributed by atoms with Gasteiger partial charge < -0.3 is 9.90 Å². The van der Waals surface area contributed by atoms with Crippen molar-refractivity contribution in [1.82, 2.24) is 9.78 Å². The molecule has 0 bridgehead atoms. The Morgan fingerprint density at radius 2 is 2.29 bits per heavy atom. The van der Waals surface area contributed by atoms with Crippen molar-refractivity contribution in [3.05, 3.63) is 16.4 Å². The quantitative estimate of drug-likeness (QED) is 0.763. The molecule has 0 radical (unpaired) electrons. The zero-order valence-corrected chi connectivity index (χ0v) is 9.17. The van der Waals surface area contributed by atoms with Crippen LogP contribution >= 0.6 is 11.6 Å². The Labute approximate surface area is 87.5 Å². The second kappa shape index (κ2) is 3.71. The van der Waals surface area contributed by atoms with Gasteiger partial charge in [0.2, 0.25) is 0 Å². The van der Waals surface area contributed by atoms with E-state index in [0.29, 0.717) is 17.0 Å². The molecular formula is C9H13ClN2O2. The number of aryl methyl sites for hydroxylation is 2. The Hall–Kier alpha value is -0.870. The highest BCUT2D eigenvalue weighted by Gasteiger charge is 2.24. The van der Waals surface area contributed by atoms with E-state index in [1.54, 1.807) is 14.0 Å². The van der Waals surface area contributed by atoms with E-state index in [9.17, 15) is 9.90 Å². The van der Waals surface area contributed by atoms with E-state index < -0.39 is 5.60 Å². The molecular weight excluding hydrogens is 204 g/mol. The Balaban J connectivity index is 3.02. The van der Waals surface area contributed by atoms with Gasteiger partial charge in [0.05, 0.1) is 5.69 Å². The first-order valence-electron chi connectivity index (χ1n) is 4.24. The van der Waals surface area contributed by atoms with Gasteiger partial charge in [0, 0.05) is 19.0 Å². The molecule has 0 aliphatic carbocycles. The van der Waals surface area contributed by atoms with E-state index in [-0.39, 0.29) is 6.42 Å². The van der Waals surface area contributed by atoms with E-state index in [1.165, 1.54) is 11.6 Å². The highest BCUT2D eigenvalue weighted by atomic mass is 35.5. The largest absolute Gasteiger partial charge is 0.382 e. The average Bonchev–Trinajstić information content (AvgIpc) is 2.32. The Bertz CT molecular complexity index is 358. The molecule has 1 aromatic rings. The molecule has 1 aromatic heterocycles. The topological polar surface area (TPSA) is 55.1 Å². The summed E-state index contributed by atoms with van der Waals surface area (Å²) in [5, 5.41) is 14.1. The molecule has 1 N–H and O–H groups in total. The lowest BCUT2D eigenvalue weighted by Gasteiger charge is -2.14. The number of rotatable bonds is 3. The van der Waals surface area contributed by atoms with Gasteiger partial charge in [0.15, 0.2) is 6.29 Å². The third-order valence-electron chi connectivity index (χ3n) is 2.06. The SMILES string of the molecule is Cc1nn(C)c(Cl)c1CC(C)(O)C=O. The smallest absolute Gasteiger partial charge is 0.151 e. The van der Waals surface area contributed by atoms with Crippen molar-refractivity contribution in [2.24, 2.45) is 7.05 Å². The third-order valence-corrected chi connectivity index (χ3v) is 2.53. The van der Waals surface area contributed by atoms with Crippen LogP contribution < -0.4 is 0 Å². The summed E-state index contributed by atoms with van der Waals surface area (Å²) in [5.74, 6) is 0. The van der Waals surface area contributed by atoms with Gasteiger partial charge in [-0.05, 0) is 13.8 Å². The average molecular weight is 217 g/mol. The maximum atomic E-state index is 10.5. The van der Waals surface area contributed by atoms with Crippen molar-refractivity contribution < 1.29 is 9.90 Å². The molecule has 0 aromatic carbocycles. The molecule has 0 amide bonds. The van der Waals surface area contributed by atoms with Crippen LogP contribution in [0.15, 0.2) is 0 Å². The zero-order chi connectivity index (χ0) is 10.9. The highest BCUT2D eigenvalue weighted by Crippen LogP contribution is 2.22. The van der Waals surface area contributed by atoms with E-state index in [2.05, 4.69) is 5.10 Å². The molecule has 1 heterocycles. The van der Waals surface area contributed by atoms with Crippen molar-refractivity contribution in [2.45, 2.75) is 25.9 Å². The van der Waals surface area contributed by atoms with E-state index >= 15 is 0 Å². The third kappa shape index (κ3) is 2.13. The molecule has 0 fully saturated rings. The van der Waals surface area contributed by atoms with E-state index in [1.807, 2.05) is 0 Å². The molecule has 1 unspecified atom stereocenters. The zero-order valence-electron chi connectivity index (χ0n) is 8.41. The first kappa shape index (κ1) is 11.2. The number of aromatic nitrogens is 2. The van der Waals surface area contributed by atoms with Crippen LogP contribution in [0.3, 0.4) is 0 Å². The molecule has 1 rings (SSSR count). The van der Waals surface area contributed by atoms with Gasteiger partial charge in [-0.3, -0.25) is 4.68 Å². The molecule has 14 heavy (non-hydrogen) atoms. The minimum absolute atomic E-state index is 0.189. The summed E-state index contributed by atoms with van der Waals surface area (Å²) in [6.45, 7) is 3.24. The summed E-state index contributed by atoms with van der Waals surface area (Å²) in [6, 6.07) is 0. The number of aldehydes is 1. The van der Waals surface area contributed by atoms with Crippen LogP contribution in [0.4, 0.5) is 0 Å². The Morgan fingerprint density at radius 3 is 2.64 bits per heavy atom. The number of nitrogens with zero attached hydrogens (tertiary/aromatic N) is 2. The van der Waals surface area contributed by atoms with Crippen LogP contribution in [0.5, 0.6) is 0 Å². The van der Waals surface area contributed by atoms with Gasteiger partial charge in [-0.15, -0.1) is 0 Å². The van der Waals surface area contributed by atoms with Crippen LogP contribution in [0.1, 0.15) is 18.2 Å². The van der Waals surface area contributed by atoms with Crippen LogP contribution in [-0.4, -0.2) is 26.8 Å². The monoisotopic (exact) mass is 216 g/mol. The fraction of sp³-hybridized carbons (Fsp3) is 0.556. The Kier molecular flexibility index (Phi) is 2.97. The molecule has 0 saturated carbocycles. The van der Waals surface area contributed by atoms with Crippen LogP contribution in [0.25, 0.3) is 0 Å². The van der Waals surface area contributed by atoms with Crippen molar-refractivity contribution in [2.75, 3.05) is 0 Å². The molecule has 0 saturated heterocycles. The minimum atomic E-state index is -1.38. The summed E-state index contributed by atoms with van der Waals surface area (Å²) in [6.07, 6.45) is 0.699. The van der Waals surface area contributed by atoms with Gasteiger partial charge >= 0.3 is 0 Å². The van der Waals surface area contributed by atoms with Crippen LogP contribution in [-0.2, 0) is 18.3 Å². The van der Waals surface area contributed by atoms with Crippen molar-refractivity contribution >= 4 is 17.9 Å². The molecule has 0 spiro atoms. The van der Waals surface area contributed by atoms with Gasteiger partial charge in [-0.2, -0.15) is 5.10 Å². The summed E-state index contributed by atoms with van der Waals surface area (Å²) in [4.78, 5) is 10.5.